The molecule has 4 nitrogen and oxygen atoms in total. The molecule has 126 valence electrons. The lowest BCUT2D eigenvalue weighted by Crippen LogP contribution is -2.47. The maximum Gasteiger partial charge on any atom is 0.224 e. The van der Waals surface area contributed by atoms with E-state index in [4.69, 9.17) is 4.74 Å². The minimum absolute atomic E-state index is 0.136. The van der Waals surface area contributed by atoms with Gasteiger partial charge in [-0.3, -0.25) is 9.69 Å². The SMILES string of the molecule is Cc1cccc(CN2CCCC(C(=O)NC3CCOCC3)C2)c1. The van der Waals surface area contributed by atoms with Crippen molar-refractivity contribution in [3.63, 3.8) is 0 Å². The highest BCUT2D eigenvalue weighted by atomic mass is 16.5. The van der Waals surface area contributed by atoms with Gasteiger partial charge in [0.25, 0.3) is 0 Å². The summed E-state index contributed by atoms with van der Waals surface area (Å²) in [5.74, 6) is 0.377. The summed E-state index contributed by atoms with van der Waals surface area (Å²) < 4.78 is 5.36. The number of nitrogens with one attached hydrogen (secondary N) is 1. The van der Waals surface area contributed by atoms with Gasteiger partial charge in [-0.1, -0.05) is 29.8 Å². The number of rotatable bonds is 4. The van der Waals surface area contributed by atoms with E-state index in [1.165, 1.54) is 11.1 Å². The number of carbonyl (C=O) groups excluding carboxylic acids is 1. The number of nitrogens with zero attached hydrogens (tertiary/aromatic N) is 1. The van der Waals surface area contributed by atoms with E-state index in [1.54, 1.807) is 0 Å². The molecule has 2 saturated heterocycles. The van der Waals surface area contributed by atoms with Gasteiger partial charge in [-0.15, -0.1) is 0 Å². The van der Waals surface area contributed by atoms with Gasteiger partial charge in [0.2, 0.25) is 5.91 Å². The van der Waals surface area contributed by atoms with Crippen LogP contribution in [0, 0.1) is 12.8 Å². The number of piperidine rings is 1. The normalized spacial score (nSPS) is 23.6. The number of hydrogen-bond donors (Lipinski definition) is 1. The summed E-state index contributed by atoms with van der Waals surface area (Å²) in [4.78, 5) is 15.0. The summed E-state index contributed by atoms with van der Waals surface area (Å²) in [6, 6.07) is 8.97. The second-order valence-electron chi connectivity index (χ2n) is 6.96. The Bertz CT molecular complexity index is 526. The van der Waals surface area contributed by atoms with E-state index in [0.717, 1.165) is 58.5 Å². The zero-order chi connectivity index (χ0) is 16.1. The van der Waals surface area contributed by atoms with Crippen molar-refractivity contribution in [3.05, 3.63) is 35.4 Å². The van der Waals surface area contributed by atoms with Crippen LogP contribution in [0.2, 0.25) is 0 Å². The average Bonchev–Trinajstić information content (AvgIpc) is 2.56. The third-order valence-electron chi connectivity index (χ3n) is 4.93. The van der Waals surface area contributed by atoms with Crippen LogP contribution in [0.1, 0.15) is 36.8 Å². The molecule has 1 atom stereocenters. The van der Waals surface area contributed by atoms with Gasteiger partial charge in [0.1, 0.15) is 0 Å². The molecule has 23 heavy (non-hydrogen) atoms. The van der Waals surface area contributed by atoms with Gasteiger partial charge in [0.05, 0.1) is 5.92 Å². The predicted octanol–water partition coefficient (Wildman–Crippen LogP) is 2.50. The van der Waals surface area contributed by atoms with Gasteiger partial charge in [-0.05, 0) is 44.7 Å². The molecule has 1 amide bonds. The molecule has 2 aliphatic rings. The summed E-state index contributed by atoms with van der Waals surface area (Å²) in [5.41, 5.74) is 2.64. The number of likely N-dealkylation sites (tertiary alicyclic amines) is 1. The highest BCUT2D eigenvalue weighted by molar-refractivity contribution is 5.79. The molecule has 1 N–H and O–H groups in total. The molecule has 0 radical (unpaired) electrons. The quantitative estimate of drug-likeness (QED) is 0.928. The Hall–Kier alpha value is -1.39. The van der Waals surface area contributed by atoms with Crippen LogP contribution in [0.25, 0.3) is 0 Å². The molecule has 0 aliphatic carbocycles. The predicted molar refractivity (Wildman–Crippen MR) is 91.2 cm³/mol. The second-order valence-corrected chi connectivity index (χ2v) is 6.96. The van der Waals surface area contributed by atoms with Crippen molar-refractivity contribution in [2.45, 2.75) is 45.2 Å². The number of benzene rings is 1. The fraction of sp³-hybridized carbons (Fsp3) is 0.632. The maximum atomic E-state index is 12.5. The minimum atomic E-state index is 0.136. The second kappa shape index (κ2) is 7.93. The minimum Gasteiger partial charge on any atom is -0.381 e. The third-order valence-corrected chi connectivity index (χ3v) is 4.93. The molecule has 2 heterocycles. The van der Waals surface area contributed by atoms with Crippen LogP contribution in [-0.4, -0.2) is 43.2 Å². The number of aryl methyl sites for hydroxylation is 1. The summed E-state index contributed by atoms with van der Waals surface area (Å²) in [5, 5.41) is 3.24. The average molecular weight is 316 g/mol. The smallest absolute Gasteiger partial charge is 0.224 e. The standard InChI is InChI=1S/C19H28N2O2/c1-15-4-2-5-16(12-15)13-21-9-3-6-17(14-21)19(22)20-18-7-10-23-11-8-18/h2,4-5,12,17-18H,3,6-11,13-14H2,1H3,(H,20,22). The molecule has 1 aromatic rings. The first kappa shape index (κ1) is 16.5. The van der Waals surface area contributed by atoms with E-state index in [2.05, 4.69) is 41.4 Å². The molecule has 3 rings (SSSR count). The summed E-state index contributed by atoms with van der Waals surface area (Å²) in [6.45, 7) is 6.59. The largest absolute Gasteiger partial charge is 0.381 e. The lowest BCUT2D eigenvalue weighted by atomic mass is 9.95. The molecule has 1 aromatic carbocycles. The first-order chi connectivity index (χ1) is 11.2. The Labute approximate surface area is 139 Å². The van der Waals surface area contributed by atoms with E-state index in [1.807, 2.05) is 0 Å². The third kappa shape index (κ3) is 4.79. The summed E-state index contributed by atoms with van der Waals surface area (Å²) in [7, 11) is 0. The van der Waals surface area contributed by atoms with Gasteiger partial charge < -0.3 is 10.1 Å². The molecule has 0 bridgehead atoms. The van der Waals surface area contributed by atoms with Crippen LogP contribution >= 0.6 is 0 Å². The highest BCUT2D eigenvalue weighted by Crippen LogP contribution is 2.20. The van der Waals surface area contributed by atoms with Gasteiger partial charge in [0, 0.05) is 32.3 Å². The molecule has 0 saturated carbocycles. The lowest BCUT2D eigenvalue weighted by Gasteiger charge is -2.33. The van der Waals surface area contributed by atoms with Crippen LogP contribution < -0.4 is 5.32 Å². The zero-order valence-corrected chi connectivity index (χ0v) is 14.1. The van der Waals surface area contributed by atoms with Crippen LogP contribution in [0.15, 0.2) is 24.3 Å². The van der Waals surface area contributed by atoms with Gasteiger partial charge >= 0.3 is 0 Å². The van der Waals surface area contributed by atoms with Gasteiger partial charge in [-0.2, -0.15) is 0 Å². The van der Waals surface area contributed by atoms with Crippen LogP contribution in [0.3, 0.4) is 0 Å². The Morgan fingerprint density at radius 2 is 2.13 bits per heavy atom. The number of amides is 1. The van der Waals surface area contributed by atoms with Crippen molar-refractivity contribution in [3.8, 4) is 0 Å². The van der Waals surface area contributed by atoms with Crippen LogP contribution in [0.5, 0.6) is 0 Å². The molecule has 2 fully saturated rings. The Balaban J connectivity index is 1.52. The van der Waals surface area contributed by atoms with Crippen molar-refractivity contribution >= 4 is 5.91 Å². The first-order valence-corrected chi connectivity index (χ1v) is 8.87. The van der Waals surface area contributed by atoms with Gasteiger partial charge in [-0.25, -0.2) is 0 Å². The first-order valence-electron chi connectivity index (χ1n) is 8.87. The highest BCUT2D eigenvalue weighted by Gasteiger charge is 2.27. The molecule has 2 aliphatic heterocycles. The van der Waals surface area contributed by atoms with E-state index < -0.39 is 0 Å². The number of hydrogen-bond acceptors (Lipinski definition) is 3. The van der Waals surface area contributed by atoms with Crippen molar-refractivity contribution in [1.29, 1.82) is 0 Å². The molecule has 0 aromatic heterocycles. The molecular weight excluding hydrogens is 288 g/mol. The fourth-order valence-corrected chi connectivity index (χ4v) is 3.64. The van der Waals surface area contributed by atoms with Crippen molar-refractivity contribution in [2.24, 2.45) is 5.92 Å². The lowest BCUT2D eigenvalue weighted by molar-refractivity contribution is -0.128. The Kier molecular flexibility index (Phi) is 5.68. The Morgan fingerprint density at radius 3 is 2.91 bits per heavy atom. The Morgan fingerprint density at radius 1 is 1.30 bits per heavy atom. The number of ether oxygens (including phenoxy) is 1. The summed E-state index contributed by atoms with van der Waals surface area (Å²) in [6.07, 6.45) is 4.02. The van der Waals surface area contributed by atoms with Crippen molar-refractivity contribution in [1.82, 2.24) is 10.2 Å². The van der Waals surface area contributed by atoms with Crippen molar-refractivity contribution < 1.29 is 9.53 Å². The van der Waals surface area contributed by atoms with Gasteiger partial charge in [0.15, 0.2) is 0 Å². The van der Waals surface area contributed by atoms with E-state index >= 15 is 0 Å². The summed E-state index contributed by atoms with van der Waals surface area (Å²) >= 11 is 0. The monoisotopic (exact) mass is 316 g/mol. The molecule has 1 unspecified atom stereocenters. The molecule has 4 heteroatoms. The molecule has 0 spiro atoms. The number of carbonyl (C=O) groups is 1. The topological polar surface area (TPSA) is 41.6 Å². The van der Waals surface area contributed by atoms with Crippen LogP contribution in [-0.2, 0) is 16.1 Å². The van der Waals surface area contributed by atoms with Crippen molar-refractivity contribution in [2.75, 3.05) is 26.3 Å². The van der Waals surface area contributed by atoms with E-state index in [-0.39, 0.29) is 11.8 Å². The van der Waals surface area contributed by atoms with E-state index in [9.17, 15) is 4.79 Å². The fourth-order valence-electron chi connectivity index (χ4n) is 3.64. The molecular formula is C19H28N2O2. The van der Waals surface area contributed by atoms with E-state index in [0.29, 0.717) is 6.04 Å². The maximum absolute atomic E-state index is 12.5. The van der Waals surface area contributed by atoms with Crippen LogP contribution in [0.4, 0.5) is 0 Å². The zero-order valence-electron chi connectivity index (χ0n) is 14.1.